The topological polar surface area (TPSA) is 53.4 Å². The quantitative estimate of drug-likeness (QED) is 0.385. The Morgan fingerprint density at radius 2 is 2.18 bits per heavy atom. The first-order valence-corrected chi connectivity index (χ1v) is 3.01. The lowest BCUT2D eigenvalue weighted by Crippen LogP contribution is -2.30. The normalized spacial score (nSPS) is 8.82. The van der Waals surface area contributed by atoms with E-state index in [0.717, 1.165) is 0 Å². The first-order valence-electron chi connectivity index (χ1n) is 3.01. The summed E-state index contributed by atoms with van der Waals surface area (Å²) in [5, 5.41) is 17.4. The maximum atomic E-state index is 8.69. The van der Waals surface area contributed by atoms with Crippen LogP contribution in [0.25, 0.3) is 0 Å². The van der Waals surface area contributed by atoms with Gasteiger partial charge in [-0.15, -0.1) is 6.42 Å². The lowest BCUT2D eigenvalue weighted by Gasteiger charge is -1.97. The van der Waals surface area contributed by atoms with E-state index >= 15 is 0 Å². The van der Waals surface area contributed by atoms with E-state index in [2.05, 4.69) is 10.9 Å². The molecule has 0 saturated heterocycles. The summed E-state index contributed by atoms with van der Waals surface area (Å²) in [5.74, 6) is 2.34. The third kappa shape index (κ3) is 1.80. The van der Waals surface area contributed by atoms with Gasteiger partial charge in [-0.3, -0.25) is 4.98 Å². The maximum Gasteiger partial charge on any atom is 0.490 e. The molecule has 0 unspecified atom stereocenters. The molecular weight excluding hydrogens is 141 g/mol. The number of nitrogens with zero attached hydrogens (tertiary/aromatic N) is 1. The molecule has 0 spiro atoms. The molecular formula is C7H6BNO2. The Bertz CT molecular complexity index is 293. The van der Waals surface area contributed by atoms with Gasteiger partial charge in [-0.25, -0.2) is 0 Å². The fraction of sp³-hybridized carbons (Fsp3) is 0. The van der Waals surface area contributed by atoms with E-state index in [0.29, 0.717) is 11.0 Å². The van der Waals surface area contributed by atoms with Gasteiger partial charge in [-0.1, -0.05) is 5.92 Å². The van der Waals surface area contributed by atoms with E-state index in [-0.39, 0.29) is 0 Å². The lowest BCUT2D eigenvalue weighted by atomic mass is 9.81. The second kappa shape index (κ2) is 3.19. The van der Waals surface area contributed by atoms with E-state index < -0.39 is 7.12 Å². The summed E-state index contributed by atoms with van der Waals surface area (Å²) in [6, 6.07) is 1.50. The minimum atomic E-state index is -1.50. The first kappa shape index (κ1) is 7.80. The second-order valence-corrected chi connectivity index (χ2v) is 2.02. The smallest absolute Gasteiger partial charge is 0.423 e. The SMILES string of the molecule is C#Cc1cncc(B(O)O)c1. The molecule has 4 heteroatoms. The minimum absolute atomic E-state index is 0.306. The highest BCUT2D eigenvalue weighted by Gasteiger charge is 2.10. The monoisotopic (exact) mass is 147 g/mol. The molecule has 0 aliphatic carbocycles. The predicted octanol–water partition coefficient (Wildman–Crippen LogP) is -1.26. The molecule has 1 rings (SSSR count). The van der Waals surface area contributed by atoms with E-state index in [9.17, 15) is 0 Å². The van der Waals surface area contributed by atoms with Gasteiger partial charge in [0, 0.05) is 23.4 Å². The minimum Gasteiger partial charge on any atom is -0.423 e. The van der Waals surface area contributed by atoms with Gasteiger partial charge in [0.25, 0.3) is 0 Å². The van der Waals surface area contributed by atoms with E-state index in [1.54, 1.807) is 0 Å². The van der Waals surface area contributed by atoms with Crippen LogP contribution in [0.1, 0.15) is 5.56 Å². The summed E-state index contributed by atoms with van der Waals surface area (Å²) >= 11 is 0. The van der Waals surface area contributed by atoms with Gasteiger partial charge in [0.15, 0.2) is 0 Å². The van der Waals surface area contributed by atoms with Crippen molar-refractivity contribution in [3.05, 3.63) is 24.0 Å². The number of terminal acetylenes is 1. The zero-order chi connectivity index (χ0) is 8.27. The Balaban J connectivity index is 3.03. The summed E-state index contributed by atoms with van der Waals surface area (Å²) in [6.45, 7) is 0. The Labute approximate surface area is 64.9 Å². The summed E-state index contributed by atoms with van der Waals surface area (Å²) in [6.07, 6.45) is 7.90. The van der Waals surface area contributed by atoms with Crippen molar-refractivity contribution in [1.82, 2.24) is 4.98 Å². The first-order chi connectivity index (χ1) is 5.24. The molecule has 54 valence electrons. The van der Waals surface area contributed by atoms with Crippen LogP contribution in [-0.2, 0) is 0 Å². The van der Waals surface area contributed by atoms with Crippen LogP contribution in [0.2, 0.25) is 0 Å². The largest absolute Gasteiger partial charge is 0.490 e. The van der Waals surface area contributed by atoms with Crippen molar-refractivity contribution in [2.75, 3.05) is 0 Å². The van der Waals surface area contributed by atoms with Crippen LogP contribution >= 0.6 is 0 Å². The Kier molecular flexibility index (Phi) is 2.26. The van der Waals surface area contributed by atoms with Crippen molar-refractivity contribution in [1.29, 1.82) is 0 Å². The fourth-order valence-corrected chi connectivity index (χ4v) is 0.678. The van der Waals surface area contributed by atoms with Crippen LogP contribution in [0.4, 0.5) is 0 Å². The number of pyridine rings is 1. The molecule has 2 N–H and O–H groups in total. The van der Waals surface area contributed by atoms with Gasteiger partial charge in [0.05, 0.1) is 0 Å². The lowest BCUT2D eigenvalue weighted by molar-refractivity contribution is 0.425. The summed E-state index contributed by atoms with van der Waals surface area (Å²) in [5.41, 5.74) is 0.844. The highest BCUT2D eigenvalue weighted by atomic mass is 16.4. The highest BCUT2D eigenvalue weighted by Crippen LogP contribution is 1.89. The van der Waals surface area contributed by atoms with Gasteiger partial charge in [0.1, 0.15) is 0 Å². The molecule has 0 aliphatic rings. The van der Waals surface area contributed by atoms with Crippen LogP contribution in [0, 0.1) is 12.3 Å². The average Bonchev–Trinajstić information content (AvgIpc) is 2.05. The van der Waals surface area contributed by atoms with Crippen LogP contribution in [0.3, 0.4) is 0 Å². The fourth-order valence-electron chi connectivity index (χ4n) is 0.678. The molecule has 11 heavy (non-hydrogen) atoms. The highest BCUT2D eigenvalue weighted by molar-refractivity contribution is 6.58. The van der Waals surface area contributed by atoms with Crippen molar-refractivity contribution < 1.29 is 10.0 Å². The van der Waals surface area contributed by atoms with E-state index in [1.165, 1.54) is 18.5 Å². The Morgan fingerprint density at radius 1 is 1.45 bits per heavy atom. The van der Waals surface area contributed by atoms with Crippen LogP contribution in [-0.4, -0.2) is 22.2 Å². The number of rotatable bonds is 1. The van der Waals surface area contributed by atoms with Gasteiger partial charge in [-0.2, -0.15) is 0 Å². The van der Waals surface area contributed by atoms with Crippen molar-refractivity contribution in [2.45, 2.75) is 0 Å². The zero-order valence-electron chi connectivity index (χ0n) is 5.73. The molecule has 0 bridgehead atoms. The molecule has 0 fully saturated rings. The molecule has 0 atom stereocenters. The third-order valence-corrected chi connectivity index (χ3v) is 1.22. The van der Waals surface area contributed by atoms with Crippen LogP contribution < -0.4 is 5.46 Å². The molecule has 0 amide bonds. The number of aromatic nitrogens is 1. The van der Waals surface area contributed by atoms with Crippen LogP contribution in [0.15, 0.2) is 18.5 Å². The number of hydrogen-bond donors (Lipinski definition) is 2. The number of hydrogen-bond acceptors (Lipinski definition) is 3. The van der Waals surface area contributed by atoms with Crippen LogP contribution in [0.5, 0.6) is 0 Å². The van der Waals surface area contributed by atoms with Crippen molar-refractivity contribution >= 4 is 12.6 Å². The van der Waals surface area contributed by atoms with Crippen molar-refractivity contribution in [2.24, 2.45) is 0 Å². The van der Waals surface area contributed by atoms with E-state index in [1.807, 2.05) is 0 Å². The zero-order valence-corrected chi connectivity index (χ0v) is 5.73. The molecule has 0 aromatic carbocycles. The molecule has 0 saturated carbocycles. The average molecular weight is 147 g/mol. The van der Waals surface area contributed by atoms with E-state index in [4.69, 9.17) is 16.5 Å². The van der Waals surface area contributed by atoms with Gasteiger partial charge in [0.2, 0.25) is 0 Å². The molecule has 1 aromatic heterocycles. The van der Waals surface area contributed by atoms with Gasteiger partial charge >= 0.3 is 7.12 Å². The summed E-state index contributed by atoms with van der Waals surface area (Å²) in [4.78, 5) is 3.71. The predicted molar refractivity (Wildman–Crippen MR) is 42.0 cm³/mol. The molecule has 1 aromatic rings. The molecule has 1 heterocycles. The summed E-state index contributed by atoms with van der Waals surface area (Å²) in [7, 11) is -1.50. The van der Waals surface area contributed by atoms with Gasteiger partial charge in [-0.05, 0) is 6.07 Å². The molecule has 3 nitrogen and oxygen atoms in total. The molecule has 0 radical (unpaired) electrons. The Morgan fingerprint density at radius 3 is 2.73 bits per heavy atom. The van der Waals surface area contributed by atoms with Crippen molar-refractivity contribution in [3.63, 3.8) is 0 Å². The third-order valence-electron chi connectivity index (χ3n) is 1.22. The van der Waals surface area contributed by atoms with Gasteiger partial charge < -0.3 is 10.0 Å². The second-order valence-electron chi connectivity index (χ2n) is 2.02. The standard InChI is InChI=1S/C7H6BNO2/c1-2-6-3-7(8(10)11)5-9-4-6/h1,3-5,10-11H. The Hall–Kier alpha value is -1.31. The summed E-state index contributed by atoms with van der Waals surface area (Å²) < 4.78 is 0. The van der Waals surface area contributed by atoms with Crippen molar-refractivity contribution in [3.8, 4) is 12.3 Å². The molecule has 0 aliphatic heterocycles. The maximum absolute atomic E-state index is 8.69.